The Balaban J connectivity index is 1.75. The van der Waals surface area contributed by atoms with Gasteiger partial charge >= 0.3 is 0 Å². The Morgan fingerprint density at radius 3 is 2.87 bits per heavy atom. The highest BCUT2D eigenvalue weighted by molar-refractivity contribution is 9.10. The minimum atomic E-state index is 0.299. The van der Waals surface area contributed by atoms with E-state index in [1.54, 1.807) is 12.4 Å². The zero-order chi connectivity index (χ0) is 15.8. The third kappa shape index (κ3) is 2.64. The van der Waals surface area contributed by atoms with Crippen LogP contribution in [0.4, 0.5) is 0 Å². The van der Waals surface area contributed by atoms with Gasteiger partial charge in [0, 0.05) is 20.9 Å². The molecule has 0 aliphatic heterocycles. The van der Waals surface area contributed by atoms with Crippen molar-refractivity contribution in [2.24, 2.45) is 0 Å². The number of rotatable bonds is 3. The van der Waals surface area contributed by atoms with E-state index in [9.17, 15) is 5.11 Å². The Morgan fingerprint density at radius 1 is 1.13 bits per heavy atom. The summed E-state index contributed by atoms with van der Waals surface area (Å²) in [7, 11) is 0. The van der Waals surface area contributed by atoms with Gasteiger partial charge in [-0.15, -0.1) is 0 Å². The van der Waals surface area contributed by atoms with Crippen molar-refractivity contribution in [1.82, 2.24) is 14.5 Å². The van der Waals surface area contributed by atoms with Crippen molar-refractivity contribution < 1.29 is 5.11 Å². The van der Waals surface area contributed by atoms with Gasteiger partial charge < -0.3 is 14.7 Å². The van der Waals surface area contributed by atoms with E-state index in [0.717, 1.165) is 32.3 Å². The SMILES string of the molecule is Oc1ccccc1Cn1cncc1-c1cc2cc(Br)ccc2[nH]1. The summed E-state index contributed by atoms with van der Waals surface area (Å²) in [6, 6.07) is 15.6. The first kappa shape index (κ1) is 14.1. The molecule has 4 aromatic rings. The number of phenolic OH excluding ortho intramolecular Hbond substituents is 1. The number of halogens is 1. The molecule has 0 atom stereocenters. The molecule has 5 heteroatoms. The molecule has 114 valence electrons. The maximum Gasteiger partial charge on any atom is 0.120 e. The highest BCUT2D eigenvalue weighted by Gasteiger charge is 2.10. The van der Waals surface area contributed by atoms with Crippen molar-refractivity contribution in [3.8, 4) is 17.1 Å². The van der Waals surface area contributed by atoms with Gasteiger partial charge in [0.15, 0.2) is 0 Å². The molecule has 0 unspecified atom stereocenters. The summed E-state index contributed by atoms with van der Waals surface area (Å²) in [6.45, 7) is 0.571. The van der Waals surface area contributed by atoms with Crippen LogP contribution in [0, 0.1) is 0 Å². The van der Waals surface area contributed by atoms with Gasteiger partial charge in [0.05, 0.1) is 30.5 Å². The number of imidazole rings is 1. The Labute approximate surface area is 141 Å². The third-order valence-electron chi connectivity index (χ3n) is 3.90. The van der Waals surface area contributed by atoms with E-state index < -0.39 is 0 Å². The van der Waals surface area contributed by atoms with Gasteiger partial charge in [0.1, 0.15) is 5.75 Å². The average molecular weight is 368 g/mol. The van der Waals surface area contributed by atoms with Gasteiger partial charge in [-0.3, -0.25) is 0 Å². The van der Waals surface area contributed by atoms with Crippen LogP contribution in [0.3, 0.4) is 0 Å². The first-order valence-electron chi connectivity index (χ1n) is 7.26. The summed E-state index contributed by atoms with van der Waals surface area (Å²) in [5.41, 5.74) is 3.94. The van der Waals surface area contributed by atoms with Gasteiger partial charge in [0.2, 0.25) is 0 Å². The van der Waals surface area contributed by atoms with Gasteiger partial charge in [-0.2, -0.15) is 0 Å². The van der Waals surface area contributed by atoms with E-state index >= 15 is 0 Å². The molecule has 2 N–H and O–H groups in total. The van der Waals surface area contributed by atoms with Gasteiger partial charge in [-0.05, 0) is 30.3 Å². The highest BCUT2D eigenvalue weighted by atomic mass is 79.9. The molecule has 0 spiro atoms. The van der Waals surface area contributed by atoms with Crippen molar-refractivity contribution in [3.63, 3.8) is 0 Å². The van der Waals surface area contributed by atoms with E-state index in [1.807, 2.05) is 41.1 Å². The van der Waals surface area contributed by atoms with E-state index in [0.29, 0.717) is 12.3 Å². The molecule has 0 fully saturated rings. The minimum absolute atomic E-state index is 0.299. The van der Waals surface area contributed by atoms with E-state index in [2.05, 4.69) is 38.0 Å². The first-order chi connectivity index (χ1) is 11.2. The number of benzene rings is 2. The molecule has 0 aliphatic rings. The average Bonchev–Trinajstić information content (AvgIpc) is 3.15. The van der Waals surface area contributed by atoms with Crippen LogP contribution in [0.1, 0.15) is 5.56 Å². The van der Waals surface area contributed by atoms with Crippen molar-refractivity contribution >= 4 is 26.8 Å². The molecule has 0 saturated carbocycles. The maximum absolute atomic E-state index is 9.97. The zero-order valence-electron chi connectivity index (χ0n) is 12.2. The number of aromatic nitrogens is 3. The van der Waals surface area contributed by atoms with Gasteiger partial charge in [0.25, 0.3) is 0 Å². The van der Waals surface area contributed by atoms with Crippen LogP contribution in [0.25, 0.3) is 22.3 Å². The van der Waals surface area contributed by atoms with Crippen molar-refractivity contribution in [3.05, 3.63) is 71.1 Å². The first-order valence-corrected chi connectivity index (χ1v) is 8.05. The van der Waals surface area contributed by atoms with Crippen molar-refractivity contribution in [1.29, 1.82) is 0 Å². The number of hydrogen-bond donors (Lipinski definition) is 2. The highest BCUT2D eigenvalue weighted by Crippen LogP contribution is 2.27. The molecule has 0 aliphatic carbocycles. The summed E-state index contributed by atoms with van der Waals surface area (Å²) >= 11 is 3.50. The van der Waals surface area contributed by atoms with Gasteiger partial charge in [-0.25, -0.2) is 4.98 Å². The minimum Gasteiger partial charge on any atom is -0.508 e. The lowest BCUT2D eigenvalue weighted by Gasteiger charge is -2.08. The van der Waals surface area contributed by atoms with Crippen LogP contribution in [0.5, 0.6) is 5.75 Å². The lowest BCUT2D eigenvalue weighted by atomic mass is 10.2. The van der Waals surface area contributed by atoms with Crippen LogP contribution >= 0.6 is 15.9 Å². The molecule has 4 rings (SSSR count). The fourth-order valence-electron chi connectivity index (χ4n) is 2.74. The van der Waals surface area contributed by atoms with Crippen LogP contribution in [-0.2, 0) is 6.54 Å². The number of hydrogen-bond acceptors (Lipinski definition) is 2. The fourth-order valence-corrected chi connectivity index (χ4v) is 3.12. The molecular weight excluding hydrogens is 354 g/mol. The molecule has 2 heterocycles. The molecule has 0 bridgehead atoms. The molecule has 4 nitrogen and oxygen atoms in total. The summed E-state index contributed by atoms with van der Waals surface area (Å²) in [6.07, 6.45) is 3.61. The summed E-state index contributed by atoms with van der Waals surface area (Å²) in [5.74, 6) is 0.299. The van der Waals surface area contributed by atoms with Crippen LogP contribution in [0.2, 0.25) is 0 Å². The predicted molar refractivity (Wildman–Crippen MR) is 94.4 cm³/mol. The molecule has 23 heavy (non-hydrogen) atoms. The number of fused-ring (bicyclic) bond motifs is 1. The van der Waals surface area contributed by atoms with Crippen LogP contribution < -0.4 is 0 Å². The maximum atomic E-state index is 9.97. The Hall–Kier alpha value is -2.53. The summed E-state index contributed by atoms with van der Waals surface area (Å²) in [5, 5.41) is 11.1. The lowest BCUT2D eigenvalue weighted by molar-refractivity contribution is 0.466. The Morgan fingerprint density at radius 2 is 2.00 bits per heavy atom. The number of para-hydroxylation sites is 1. The second-order valence-electron chi connectivity index (χ2n) is 5.45. The summed E-state index contributed by atoms with van der Waals surface area (Å²) < 4.78 is 3.08. The van der Waals surface area contributed by atoms with Crippen molar-refractivity contribution in [2.45, 2.75) is 6.54 Å². The van der Waals surface area contributed by atoms with Crippen molar-refractivity contribution in [2.75, 3.05) is 0 Å². The standard InChI is InChI=1S/C18H14BrN3O/c19-14-5-6-15-13(7-14)8-16(21-15)17-9-20-11-22(17)10-12-3-1-2-4-18(12)23/h1-9,11,21,23H,10H2. The molecule has 0 amide bonds. The second-order valence-corrected chi connectivity index (χ2v) is 6.37. The summed E-state index contributed by atoms with van der Waals surface area (Å²) in [4.78, 5) is 7.69. The second kappa shape index (κ2) is 5.59. The van der Waals surface area contributed by atoms with E-state index in [1.165, 1.54) is 0 Å². The number of aromatic amines is 1. The van der Waals surface area contributed by atoms with Crippen LogP contribution in [0.15, 0.2) is 65.5 Å². The molecule has 2 aromatic heterocycles. The molecule has 2 aromatic carbocycles. The Bertz CT molecular complexity index is 987. The monoisotopic (exact) mass is 367 g/mol. The third-order valence-corrected chi connectivity index (χ3v) is 4.40. The molecule has 0 radical (unpaired) electrons. The van der Waals surface area contributed by atoms with E-state index in [-0.39, 0.29) is 0 Å². The number of H-pyrrole nitrogens is 1. The van der Waals surface area contributed by atoms with Gasteiger partial charge in [-0.1, -0.05) is 34.1 Å². The Kier molecular flexibility index (Phi) is 3.42. The number of aromatic hydroxyl groups is 1. The van der Waals surface area contributed by atoms with Crippen LogP contribution in [-0.4, -0.2) is 19.6 Å². The van der Waals surface area contributed by atoms with E-state index in [4.69, 9.17) is 0 Å². The largest absolute Gasteiger partial charge is 0.508 e. The number of phenols is 1. The predicted octanol–water partition coefficient (Wildman–Crippen LogP) is 4.55. The quantitative estimate of drug-likeness (QED) is 0.558. The lowest BCUT2D eigenvalue weighted by Crippen LogP contribution is -2.00. The number of nitrogens with one attached hydrogen (secondary N) is 1. The molecular formula is C18H14BrN3O. The zero-order valence-corrected chi connectivity index (χ0v) is 13.8. The normalized spacial score (nSPS) is 11.2. The molecule has 0 saturated heterocycles. The smallest absolute Gasteiger partial charge is 0.120 e. The topological polar surface area (TPSA) is 53.8 Å². The fraction of sp³-hybridized carbons (Fsp3) is 0.0556. The number of nitrogens with zero attached hydrogens (tertiary/aromatic N) is 2.